The zero-order valence-electron chi connectivity index (χ0n) is 7.82. The Morgan fingerprint density at radius 2 is 2.00 bits per heavy atom. The smallest absolute Gasteiger partial charge is 0.300 e. The van der Waals surface area contributed by atoms with Gasteiger partial charge < -0.3 is 14.9 Å². The summed E-state index contributed by atoms with van der Waals surface area (Å²) in [4.78, 5) is 9.00. The molecule has 1 aromatic carbocycles. The third-order valence-electron chi connectivity index (χ3n) is 1.14. The highest BCUT2D eigenvalue weighted by Crippen LogP contribution is 2.25. The summed E-state index contributed by atoms with van der Waals surface area (Å²) < 4.78 is 17.0. The van der Waals surface area contributed by atoms with E-state index < -0.39 is 11.8 Å². The van der Waals surface area contributed by atoms with Crippen molar-refractivity contribution in [1.82, 2.24) is 0 Å². The molecular weight excluding hydrogens is 191 g/mol. The molecule has 2 N–H and O–H groups in total. The van der Waals surface area contributed by atoms with Gasteiger partial charge in [-0.2, -0.15) is 0 Å². The van der Waals surface area contributed by atoms with Gasteiger partial charge in [-0.25, -0.2) is 4.39 Å². The molecule has 0 radical (unpaired) electrons. The van der Waals surface area contributed by atoms with Gasteiger partial charge in [-0.05, 0) is 12.1 Å². The van der Waals surface area contributed by atoms with Gasteiger partial charge in [0.15, 0.2) is 11.5 Å². The highest BCUT2D eigenvalue weighted by atomic mass is 19.1. The molecular formula is C9H11FO4. The average molecular weight is 202 g/mol. The van der Waals surface area contributed by atoms with E-state index in [1.165, 1.54) is 13.2 Å². The maximum absolute atomic E-state index is 12.3. The van der Waals surface area contributed by atoms with Crippen LogP contribution in [0.1, 0.15) is 6.92 Å². The molecule has 0 aromatic heterocycles. The van der Waals surface area contributed by atoms with Crippen LogP contribution in [0.4, 0.5) is 4.39 Å². The Hall–Kier alpha value is -1.78. The lowest BCUT2D eigenvalue weighted by molar-refractivity contribution is -0.134. The van der Waals surface area contributed by atoms with Crippen LogP contribution >= 0.6 is 0 Å². The van der Waals surface area contributed by atoms with Gasteiger partial charge in [-0.3, -0.25) is 4.79 Å². The molecule has 0 saturated carbocycles. The van der Waals surface area contributed by atoms with Gasteiger partial charge in [-0.15, -0.1) is 0 Å². The summed E-state index contributed by atoms with van der Waals surface area (Å²) in [5.41, 5.74) is 0. The van der Waals surface area contributed by atoms with Gasteiger partial charge in [-0.1, -0.05) is 0 Å². The number of rotatable bonds is 1. The van der Waals surface area contributed by atoms with Crippen molar-refractivity contribution >= 4 is 5.97 Å². The lowest BCUT2D eigenvalue weighted by Crippen LogP contribution is -1.83. The Kier molecular flexibility index (Phi) is 5.06. The number of halogens is 1. The average Bonchev–Trinajstić information content (AvgIpc) is 2.08. The van der Waals surface area contributed by atoms with Crippen molar-refractivity contribution in [3.8, 4) is 11.5 Å². The first-order chi connectivity index (χ1) is 6.47. The Morgan fingerprint density at radius 3 is 2.36 bits per heavy atom. The molecule has 0 atom stereocenters. The van der Waals surface area contributed by atoms with E-state index in [1.54, 1.807) is 0 Å². The van der Waals surface area contributed by atoms with Crippen molar-refractivity contribution < 1.29 is 24.1 Å². The first kappa shape index (κ1) is 12.2. The third-order valence-corrected chi connectivity index (χ3v) is 1.14. The summed E-state index contributed by atoms with van der Waals surface area (Å²) >= 11 is 0. The molecule has 14 heavy (non-hydrogen) atoms. The SMILES string of the molecule is CC(=O)O.COc1cc(F)ccc1O. The van der Waals surface area contributed by atoms with Crippen LogP contribution in [-0.2, 0) is 4.79 Å². The summed E-state index contributed by atoms with van der Waals surface area (Å²) in [6.45, 7) is 1.08. The normalized spacial score (nSPS) is 8.50. The van der Waals surface area contributed by atoms with Crippen LogP contribution in [0.2, 0.25) is 0 Å². The molecule has 4 nitrogen and oxygen atoms in total. The van der Waals surface area contributed by atoms with Crippen molar-refractivity contribution in [3.63, 3.8) is 0 Å². The molecule has 0 aliphatic rings. The second-order valence-corrected chi connectivity index (χ2v) is 2.34. The third kappa shape index (κ3) is 4.97. The van der Waals surface area contributed by atoms with Crippen molar-refractivity contribution in [1.29, 1.82) is 0 Å². The lowest BCUT2D eigenvalue weighted by Gasteiger charge is -2.00. The fraction of sp³-hybridized carbons (Fsp3) is 0.222. The number of carboxylic acids is 1. The highest BCUT2D eigenvalue weighted by Gasteiger charge is 2.00. The fourth-order valence-electron chi connectivity index (χ4n) is 0.651. The van der Waals surface area contributed by atoms with Crippen molar-refractivity contribution in [2.45, 2.75) is 6.92 Å². The van der Waals surface area contributed by atoms with E-state index in [0.717, 1.165) is 19.1 Å². The monoisotopic (exact) mass is 202 g/mol. The maximum Gasteiger partial charge on any atom is 0.300 e. The number of methoxy groups -OCH3 is 1. The molecule has 0 fully saturated rings. The number of hydrogen-bond acceptors (Lipinski definition) is 3. The van der Waals surface area contributed by atoms with Crippen LogP contribution in [0.25, 0.3) is 0 Å². The maximum atomic E-state index is 12.3. The second-order valence-electron chi connectivity index (χ2n) is 2.34. The van der Waals surface area contributed by atoms with Gasteiger partial charge in [0.25, 0.3) is 5.97 Å². The minimum atomic E-state index is -0.833. The number of hydrogen-bond donors (Lipinski definition) is 2. The van der Waals surface area contributed by atoms with Gasteiger partial charge in [0, 0.05) is 13.0 Å². The number of aliphatic carboxylic acids is 1. The number of phenols is 1. The predicted octanol–water partition coefficient (Wildman–Crippen LogP) is 1.63. The number of phenolic OH excluding ortho intramolecular Hbond substituents is 1. The quantitative estimate of drug-likeness (QED) is 0.726. The predicted molar refractivity (Wildman–Crippen MR) is 47.9 cm³/mol. The molecule has 0 aliphatic heterocycles. The summed E-state index contributed by atoms with van der Waals surface area (Å²) in [6, 6.07) is 3.53. The Balaban J connectivity index is 0.000000364. The molecule has 1 rings (SSSR count). The number of ether oxygens (including phenoxy) is 1. The molecule has 5 heteroatoms. The van der Waals surface area contributed by atoms with E-state index in [1.807, 2.05) is 0 Å². The first-order valence-electron chi connectivity index (χ1n) is 3.69. The molecule has 1 aromatic rings. The van der Waals surface area contributed by atoms with Crippen LogP contribution in [0.15, 0.2) is 18.2 Å². The molecule has 0 aliphatic carbocycles. The van der Waals surface area contributed by atoms with E-state index in [2.05, 4.69) is 4.74 Å². The van der Waals surface area contributed by atoms with E-state index in [9.17, 15) is 4.39 Å². The minimum Gasteiger partial charge on any atom is -0.504 e. The lowest BCUT2D eigenvalue weighted by atomic mass is 10.3. The first-order valence-corrected chi connectivity index (χ1v) is 3.69. The molecule has 0 unspecified atom stereocenters. The zero-order chi connectivity index (χ0) is 11.1. The highest BCUT2D eigenvalue weighted by molar-refractivity contribution is 5.62. The Morgan fingerprint density at radius 1 is 1.50 bits per heavy atom. The van der Waals surface area contributed by atoms with Crippen LogP contribution in [0, 0.1) is 5.82 Å². The molecule has 0 spiro atoms. The Bertz CT molecular complexity index is 308. The van der Waals surface area contributed by atoms with Gasteiger partial charge >= 0.3 is 0 Å². The van der Waals surface area contributed by atoms with Crippen LogP contribution in [-0.4, -0.2) is 23.3 Å². The molecule has 0 heterocycles. The second kappa shape index (κ2) is 5.80. The van der Waals surface area contributed by atoms with Crippen LogP contribution in [0.3, 0.4) is 0 Å². The molecule has 0 amide bonds. The largest absolute Gasteiger partial charge is 0.504 e. The van der Waals surface area contributed by atoms with E-state index >= 15 is 0 Å². The van der Waals surface area contributed by atoms with Crippen LogP contribution < -0.4 is 4.74 Å². The summed E-state index contributed by atoms with van der Waals surface area (Å²) in [5, 5.41) is 16.4. The van der Waals surface area contributed by atoms with Gasteiger partial charge in [0.05, 0.1) is 7.11 Å². The van der Waals surface area contributed by atoms with Gasteiger partial charge in [0.2, 0.25) is 0 Å². The number of carboxylic acid groups (broad SMARTS) is 1. The van der Waals surface area contributed by atoms with E-state index in [0.29, 0.717) is 0 Å². The van der Waals surface area contributed by atoms with Crippen molar-refractivity contribution in [2.24, 2.45) is 0 Å². The number of aromatic hydroxyl groups is 1. The topological polar surface area (TPSA) is 66.8 Å². The molecule has 0 bridgehead atoms. The van der Waals surface area contributed by atoms with Crippen molar-refractivity contribution in [2.75, 3.05) is 7.11 Å². The standard InChI is InChI=1S/C7H7FO2.C2H4O2/c1-10-7-4-5(8)2-3-6(7)9;1-2(3)4/h2-4,9H,1H3;1H3,(H,3,4). The number of carbonyl (C=O) groups is 1. The Labute approximate surface area is 80.6 Å². The zero-order valence-corrected chi connectivity index (χ0v) is 7.82. The van der Waals surface area contributed by atoms with Gasteiger partial charge in [0.1, 0.15) is 5.82 Å². The van der Waals surface area contributed by atoms with Crippen molar-refractivity contribution in [3.05, 3.63) is 24.0 Å². The summed E-state index contributed by atoms with van der Waals surface area (Å²) in [5.74, 6) is -1.15. The number of benzene rings is 1. The van der Waals surface area contributed by atoms with Crippen LogP contribution in [0.5, 0.6) is 11.5 Å². The minimum absolute atomic E-state index is 0.0519. The molecule has 78 valence electrons. The molecule has 0 saturated heterocycles. The van der Waals surface area contributed by atoms with E-state index in [-0.39, 0.29) is 11.5 Å². The fourth-order valence-corrected chi connectivity index (χ4v) is 0.651. The summed E-state index contributed by atoms with van der Waals surface area (Å²) in [6.07, 6.45) is 0. The summed E-state index contributed by atoms with van der Waals surface area (Å²) in [7, 11) is 1.37. The van der Waals surface area contributed by atoms with E-state index in [4.69, 9.17) is 15.0 Å².